The molecule has 9 nitrogen and oxygen atoms in total. The second-order valence-corrected chi connectivity index (χ2v) is 9.43. The summed E-state index contributed by atoms with van der Waals surface area (Å²) in [5.74, 6) is 0.746. The number of nitrogens with zero attached hydrogens (tertiary/aromatic N) is 5. The predicted molar refractivity (Wildman–Crippen MR) is 109 cm³/mol. The maximum absolute atomic E-state index is 12.5. The summed E-state index contributed by atoms with van der Waals surface area (Å²) in [4.78, 5) is 20.0. The number of fused-ring (bicyclic) bond motifs is 1. The van der Waals surface area contributed by atoms with Gasteiger partial charge in [0.1, 0.15) is 5.82 Å². The van der Waals surface area contributed by atoms with Crippen LogP contribution in [0.2, 0.25) is 0 Å². The molecule has 3 heterocycles. The largest absolute Gasteiger partial charge is 0.308 e. The third-order valence-electron chi connectivity index (χ3n) is 5.26. The standard InChI is InChI=1S/C19H24N6O3S/c1-2-12-29(27,28)24-10-8-15(9-11-24)17-20-18-16(19(26)21-17)22-23-25(18)13-14-6-4-3-5-7-14/h3-7,15H,2,8-13H2,1H3,(H,20,21,26). The Bertz CT molecular complexity index is 1150. The SMILES string of the molecule is CCCS(=O)(=O)N1CCC(c2nc3c(nnn3Cc3ccccc3)c(=O)[nH]2)CC1. The van der Waals surface area contributed by atoms with E-state index in [0.29, 0.717) is 50.4 Å². The van der Waals surface area contributed by atoms with Crippen LogP contribution in [0.25, 0.3) is 11.2 Å². The first-order valence-electron chi connectivity index (χ1n) is 9.83. The van der Waals surface area contributed by atoms with E-state index in [1.165, 1.54) is 0 Å². The molecule has 1 N–H and O–H groups in total. The second kappa shape index (κ2) is 8.03. The number of hydrogen-bond donors (Lipinski definition) is 1. The number of benzene rings is 1. The zero-order valence-corrected chi connectivity index (χ0v) is 17.1. The maximum atomic E-state index is 12.5. The predicted octanol–water partition coefficient (Wildman–Crippen LogP) is 1.48. The third kappa shape index (κ3) is 4.08. The number of H-pyrrole nitrogens is 1. The molecule has 29 heavy (non-hydrogen) atoms. The van der Waals surface area contributed by atoms with Crippen molar-refractivity contribution in [3.8, 4) is 0 Å². The summed E-state index contributed by atoms with van der Waals surface area (Å²) < 4.78 is 27.7. The van der Waals surface area contributed by atoms with E-state index in [1.807, 2.05) is 37.3 Å². The molecular weight excluding hydrogens is 392 g/mol. The van der Waals surface area contributed by atoms with Crippen LogP contribution >= 0.6 is 0 Å². The summed E-state index contributed by atoms with van der Waals surface area (Å²) in [6, 6.07) is 9.79. The molecule has 3 aromatic rings. The lowest BCUT2D eigenvalue weighted by Gasteiger charge is -2.30. The number of rotatable bonds is 6. The molecule has 0 spiro atoms. The Labute approximate surface area is 168 Å². The van der Waals surface area contributed by atoms with Crippen molar-refractivity contribution in [1.29, 1.82) is 0 Å². The number of sulfonamides is 1. The minimum Gasteiger partial charge on any atom is -0.308 e. The fraction of sp³-hybridized carbons (Fsp3) is 0.474. The zero-order valence-electron chi connectivity index (χ0n) is 16.3. The highest BCUT2D eigenvalue weighted by Crippen LogP contribution is 2.27. The summed E-state index contributed by atoms with van der Waals surface area (Å²) in [6.07, 6.45) is 1.85. The Kier molecular flexibility index (Phi) is 5.46. The van der Waals surface area contributed by atoms with Gasteiger partial charge in [-0.1, -0.05) is 42.5 Å². The van der Waals surface area contributed by atoms with Gasteiger partial charge in [0.05, 0.1) is 12.3 Å². The molecule has 0 unspecified atom stereocenters. The Morgan fingerprint density at radius 3 is 2.59 bits per heavy atom. The van der Waals surface area contributed by atoms with Crippen LogP contribution in [0.4, 0.5) is 0 Å². The maximum Gasteiger partial charge on any atom is 0.281 e. The monoisotopic (exact) mass is 416 g/mol. The number of nitrogens with one attached hydrogen (secondary N) is 1. The summed E-state index contributed by atoms with van der Waals surface area (Å²) in [7, 11) is -3.20. The van der Waals surface area contributed by atoms with Crippen LogP contribution in [0.15, 0.2) is 35.1 Å². The average molecular weight is 417 g/mol. The molecule has 0 aliphatic carbocycles. The van der Waals surface area contributed by atoms with E-state index in [-0.39, 0.29) is 22.7 Å². The highest BCUT2D eigenvalue weighted by atomic mass is 32.2. The van der Waals surface area contributed by atoms with Crippen LogP contribution in [-0.4, -0.2) is 56.5 Å². The first-order valence-corrected chi connectivity index (χ1v) is 11.4. The van der Waals surface area contributed by atoms with E-state index in [2.05, 4.69) is 20.3 Å². The lowest BCUT2D eigenvalue weighted by atomic mass is 9.97. The van der Waals surface area contributed by atoms with Crippen molar-refractivity contribution in [2.24, 2.45) is 0 Å². The van der Waals surface area contributed by atoms with Crippen molar-refractivity contribution in [2.45, 2.75) is 38.6 Å². The van der Waals surface area contributed by atoms with Crippen molar-refractivity contribution in [1.82, 2.24) is 29.3 Å². The van der Waals surface area contributed by atoms with Gasteiger partial charge in [0.15, 0.2) is 11.2 Å². The molecule has 0 bridgehead atoms. The molecule has 0 atom stereocenters. The number of piperidine rings is 1. The van der Waals surface area contributed by atoms with Crippen molar-refractivity contribution in [3.63, 3.8) is 0 Å². The van der Waals surface area contributed by atoms with E-state index >= 15 is 0 Å². The number of hydrogen-bond acceptors (Lipinski definition) is 6. The van der Waals surface area contributed by atoms with Crippen molar-refractivity contribution < 1.29 is 8.42 Å². The van der Waals surface area contributed by atoms with Gasteiger partial charge in [0.25, 0.3) is 5.56 Å². The van der Waals surface area contributed by atoms with Crippen LogP contribution in [0.3, 0.4) is 0 Å². The topological polar surface area (TPSA) is 114 Å². The van der Waals surface area contributed by atoms with E-state index in [4.69, 9.17) is 0 Å². The molecule has 1 aliphatic heterocycles. The lowest BCUT2D eigenvalue weighted by Crippen LogP contribution is -2.39. The molecule has 10 heteroatoms. The molecule has 0 amide bonds. The zero-order chi connectivity index (χ0) is 20.4. The van der Waals surface area contributed by atoms with Crippen LogP contribution in [0.1, 0.15) is 43.5 Å². The fourth-order valence-electron chi connectivity index (χ4n) is 3.73. The fourth-order valence-corrected chi connectivity index (χ4v) is 5.28. The molecule has 0 radical (unpaired) electrons. The molecule has 4 rings (SSSR count). The first-order chi connectivity index (χ1) is 14.0. The quantitative estimate of drug-likeness (QED) is 0.651. The van der Waals surface area contributed by atoms with Gasteiger partial charge in [-0.2, -0.15) is 0 Å². The van der Waals surface area contributed by atoms with Gasteiger partial charge in [0, 0.05) is 19.0 Å². The molecule has 2 aromatic heterocycles. The van der Waals surface area contributed by atoms with Gasteiger partial charge in [-0.25, -0.2) is 22.4 Å². The highest BCUT2D eigenvalue weighted by Gasteiger charge is 2.29. The normalized spacial score (nSPS) is 16.4. The lowest BCUT2D eigenvalue weighted by molar-refractivity contribution is 0.313. The molecule has 154 valence electrons. The molecule has 0 saturated carbocycles. The molecule has 1 fully saturated rings. The Balaban J connectivity index is 1.57. The van der Waals surface area contributed by atoms with Crippen LogP contribution in [0, 0.1) is 0 Å². The molecule has 1 saturated heterocycles. The van der Waals surface area contributed by atoms with Gasteiger partial charge >= 0.3 is 0 Å². The van der Waals surface area contributed by atoms with E-state index < -0.39 is 10.0 Å². The summed E-state index contributed by atoms with van der Waals surface area (Å²) >= 11 is 0. The molecule has 1 aliphatic rings. The highest BCUT2D eigenvalue weighted by molar-refractivity contribution is 7.89. The summed E-state index contributed by atoms with van der Waals surface area (Å²) in [6.45, 7) is 3.22. The third-order valence-corrected chi connectivity index (χ3v) is 7.34. The van der Waals surface area contributed by atoms with Crippen molar-refractivity contribution in [2.75, 3.05) is 18.8 Å². The van der Waals surface area contributed by atoms with Gasteiger partial charge in [-0.05, 0) is 24.8 Å². The number of aromatic amines is 1. The van der Waals surface area contributed by atoms with E-state index in [1.54, 1.807) is 8.99 Å². The number of aromatic nitrogens is 5. The van der Waals surface area contributed by atoms with E-state index in [0.717, 1.165) is 5.56 Å². The minimum atomic E-state index is -3.20. The Morgan fingerprint density at radius 2 is 1.90 bits per heavy atom. The average Bonchev–Trinajstić information content (AvgIpc) is 3.12. The second-order valence-electron chi connectivity index (χ2n) is 7.35. The van der Waals surface area contributed by atoms with Gasteiger partial charge in [-0.3, -0.25) is 4.79 Å². The summed E-state index contributed by atoms with van der Waals surface area (Å²) in [5, 5.41) is 8.08. The van der Waals surface area contributed by atoms with Crippen molar-refractivity contribution in [3.05, 3.63) is 52.1 Å². The van der Waals surface area contributed by atoms with Gasteiger partial charge in [-0.15, -0.1) is 5.10 Å². The van der Waals surface area contributed by atoms with Crippen LogP contribution in [0.5, 0.6) is 0 Å². The minimum absolute atomic E-state index is 0.000233. The molecule has 1 aromatic carbocycles. The van der Waals surface area contributed by atoms with Crippen LogP contribution < -0.4 is 5.56 Å². The Morgan fingerprint density at radius 1 is 1.17 bits per heavy atom. The first kappa shape index (κ1) is 19.7. The van der Waals surface area contributed by atoms with Crippen molar-refractivity contribution >= 4 is 21.2 Å². The van der Waals surface area contributed by atoms with Crippen LogP contribution in [-0.2, 0) is 16.6 Å². The molecular formula is C19H24N6O3S. The van der Waals surface area contributed by atoms with Gasteiger partial charge in [0.2, 0.25) is 10.0 Å². The smallest absolute Gasteiger partial charge is 0.281 e. The van der Waals surface area contributed by atoms with E-state index in [9.17, 15) is 13.2 Å². The Hall–Kier alpha value is -2.59. The van der Waals surface area contributed by atoms with Gasteiger partial charge < -0.3 is 4.98 Å². The summed E-state index contributed by atoms with van der Waals surface area (Å²) in [5.41, 5.74) is 1.39.